The molecule has 18 heavy (non-hydrogen) atoms. The third kappa shape index (κ3) is 2.35. The van der Waals surface area contributed by atoms with E-state index in [0.29, 0.717) is 5.84 Å². The van der Waals surface area contributed by atoms with E-state index >= 15 is 0 Å². The molecule has 0 radical (unpaired) electrons. The molecule has 0 fully saturated rings. The maximum Gasteiger partial charge on any atom is 0.154 e. The number of aliphatic imine (C=N–C) groups is 1. The summed E-state index contributed by atoms with van der Waals surface area (Å²) in [5, 5.41) is 8.01. The van der Waals surface area contributed by atoms with E-state index in [1.54, 1.807) is 0 Å². The predicted octanol–water partition coefficient (Wildman–Crippen LogP) is 3.49. The van der Waals surface area contributed by atoms with Crippen molar-refractivity contribution in [1.29, 1.82) is 5.41 Å². The average molecular weight is 372 g/mol. The van der Waals surface area contributed by atoms with Crippen LogP contribution in [0.5, 0.6) is 0 Å². The topological polar surface area (TPSA) is 39.5 Å². The summed E-state index contributed by atoms with van der Waals surface area (Å²) in [6.07, 6.45) is 6.04. The lowest BCUT2D eigenvalue weighted by Gasteiger charge is -2.21. The molecule has 0 aliphatic carbocycles. The van der Waals surface area contributed by atoms with Crippen LogP contribution < -0.4 is 0 Å². The number of benzene rings is 1. The van der Waals surface area contributed by atoms with Gasteiger partial charge in [-0.1, -0.05) is 24.3 Å². The highest BCUT2D eigenvalue weighted by Crippen LogP contribution is 2.23. The van der Waals surface area contributed by atoms with Crippen LogP contribution in [0.15, 0.2) is 51.2 Å². The van der Waals surface area contributed by atoms with Crippen molar-refractivity contribution in [3.05, 3.63) is 57.3 Å². The zero-order chi connectivity index (χ0) is 11.8. The number of fused-ring (bicyclic) bond motifs is 2. The molecule has 0 amide bonds. The van der Waals surface area contributed by atoms with Gasteiger partial charge in [0.1, 0.15) is 5.84 Å². The van der Waals surface area contributed by atoms with Crippen LogP contribution in [0.2, 0.25) is 0 Å². The number of hydrogen-bond acceptors (Lipinski definition) is 2. The minimum Gasteiger partial charge on any atom is -0.327 e. The Labute approximate surface area is 125 Å². The minimum absolute atomic E-state index is 0. The number of rotatable bonds is 0. The molecule has 2 heterocycles. The molecule has 0 unspecified atom stereocenters. The molecule has 3 nitrogen and oxygen atoms in total. The highest BCUT2D eigenvalue weighted by Gasteiger charge is 2.19. The van der Waals surface area contributed by atoms with Crippen molar-refractivity contribution in [3.63, 3.8) is 0 Å². The van der Waals surface area contributed by atoms with Gasteiger partial charge >= 0.3 is 0 Å². The molecular formula is C13H11ClIN3. The predicted molar refractivity (Wildman–Crippen MR) is 84.7 cm³/mol. The highest BCUT2D eigenvalue weighted by atomic mass is 127. The quantitative estimate of drug-likeness (QED) is 0.697. The molecule has 1 aromatic rings. The Hall–Kier alpha value is -1.14. The lowest BCUT2D eigenvalue weighted by Crippen LogP contribution is -2.24. The second kappa shape index (κ2) is 5.24. The van der Waals surface area contributed by atoms with Gasteiger partial charge in [0.05, 0.1) is 0 Å². The summed E-state index contributed by atoms with van der Waals surface area (Å²) in [4.78, 5) is 6.45. The third-order valence-electron chi connectivity index (χ3n) is 2.80. The second-order valence-corrected chi connectivity index (χ2v) is 5.20. The van der Waals surface area contributed by atoms with Crippen molar-refractivity contribution >= 4 is 46.7 Å². The van der Waals surface area contributed by atoms with E-state index in [2.05, 4.69) is 44.7 Å². The SMILES string of the molecule is Cl.N=C1N=C2C=CC(I)=CN2Cc2ccccc21. The third-order valence-corrected chi connectivity index (χ3v) is 3.44. The lowest BCUT2D eigenvalue weighted by atomic mass is 10.1. The minimum atomic E-state index is 0. The molecular weight excluding hydrogens is 361 g/mol. The van der Waals surface area contributed by atoms with Crippen LogP contribution in [0.1, 0.15) is 11.1 Å². The Morgan fingerprint density at radius 2 is 2.00 bits per heavy atom. The van der Waals surface area contributed by atoms with Crippen molar-refractivity contribution in [1.82, 2.24) is 4.90 Å². The van der Waals surface area contributed by atoms with Crippen LogP contribution in [-0.2, 0) is 6.54 Å². The highest BCUT2D eigenvalue weighted by molar-refractivity contribution is 14.1. The van der Waals surface area contributed by atoms with Crippen LogP contribution in [0.3, 0.4) is 0 Å². The normalized spacial score (nSPS) is 16.9. The van der Waals surface area contributed by atoms with Gasteiger partial charge in [0, 0.05) is 21.9 Å². The number of halogens is 2. The molecule has 0 spiro atoms. The first-order valence-electron chi connectivity index (χ1n) is 5.31. The van der Waals surface area contributed by atoms with Crippen LogP contribution >= 0.6 is 35.0 Å². The van der Waals surface area contributed by atoms with E-state index < -0.39 is 0 Å². The van der Waals surface area contributed by atoms with Crippen molar-refractivity contribution in [2.45, 2.75) is 6.54 Å². The summed E-state index contributed by atoms with van der Waals surface area (Å²) in [6, 6.07) is 7.97. The summed E-state index contributed by atoms with van der Waals surface area (Å²) in [5.74, 6) is 1.18. The van der Waals surface area contributed by atoms with E-state index in [1.165, 1.54) is 3.58 Å². The number of hydrogen-bond donors (Lipinski definition) is 1. The summed E-state index contributed by atoms with van der Waals surface area (Å²) in [6.45, 7) is 0.772. The maximum atomic E-state index is 8.01. The molecule has 0 atom stereocenters. The van der Waals surface area contributed by atoms with Crippen LogP contribution in [-0.4, -0.2) is 16.6 Å². The largest absolute Gasteiger partial charge is 0.327 e. The summed E-state index contributed by atoms with van der Waals surface area (Å²) < 4.78 is 1.17. The molecule has 1 N–H and O–H groups in total. The number of allylic oxidation sites excluding steroid dienone is 2. The van der Waals surface area contributed by atoms with Gasteiger partial charge in [-0.05, 0) is 40.3 Å². The van der Waals surface area contributed by atoms with Crippen LogP contribution in [0.25, 0.3) is 0 Å². The Morgan fingerprint density at radius 1 is 1.22 bits per heavy atom. The number of nitrogens with one attached hydrogen (secondary N) is 1. The first-order valence-corrected chi connectivity index (χ1v) is 6.39. The maximum absolute atomic E-state index is 8.01. The van der Waals surface area contributed by atoms with Gasteiger partial charge in [-0.2, -0.15) is 0 Å². The van der Waals surface area contributed by atoms with Gasteiger partial charge in [-0.15, -0.1) is 12.4 Å². The molecule has 92 valence electrons. The van der Waals surface area contributed by atoms with Crippen molar-refractivity contribution in [3.8, 4) is 0 Å². The average Bonchev–Trinajstić information content (AvgIpc) is 2.46. The molecule has 0 bridgehead atoms. The van der Waals surface area contributed by atoms with Gasteiger partial charge in [0.25, 0.3) is 0 Å². The molecule has 0 saturated heterocycles. The smallest absolute Gasteiger partial charge is 0.154 e. The monoisotopic (exact) mass is 371 g/mol. The van der Waals surface area contributed by atoms with E-state index in [0.717, 1.165) is 23.5 Å². The van der Waals surface area contributed by atoms with E-state index in [-0.39, 0.29) is 12.4 Å². The fourth-order valence-electron chi connectivity index (χ4n) is 1.98. The molecule has 5 heteroatoms. The first-order chi connectivity index (χ1) is 8.24. The van der Waals surface area contributed by atoms with E-state index in [4.69, 9.17) is 5.41 Å². The first kappa shape index (κ1) is 13.3. The van der Waals surface area contributed by atoms with E-state index in [1.807, 2.05) is 30.4 Å². The molecule has 0 aromatic heterocycles. The zero-order valence-corrected chi connectivity index (χ0v) is 12.4. The van der Waals surface area contributed by atoms with Gasteiger partial charge in [0.15, 0.2) is 5.84 Å². The number of nitrogens with zero attached hydrogens (tertiary/aromatic N) is 2. The summed E-state index contributed by atoms with van der Waals surface area (Å²) >= 11 is 2.29. The van der Waals surface area contributed by atoms with Gasteiger partial charge in [0.2, 0.25) is 0 Å². The Balaban J connectivity index is 0.00000120. The van der Waals surface area contributed by atoms with Crippen LogP contribution in [0.4, 0.5) is 0 Å². The van der Waals surface area contributed by atoms with Gasteiger partial charge < -0.3 is 4.90 Å². The Kier molecular flexibility index (Phi) is 3.87. The standard InChI is InChI=1S/C13H10IN3.ClH/c14-10-5-6-12-16-13(15)11-4-2-1-3-9(11)7-17(12)8-10;/h1-6,8,15H,7H2;1H. The molecule has 1 aromatic carbocycles. The molecule has 2 aliphatic heterocycles. The van der Waals surface area contributed by atoms with Crippen molar-refractivity contribution in [2.24, 2.45) is 4.99 Å². The van der Waals surface area contributed by atoms with E-state index in [9.17, 15) is 0 Å². The van der Waals surface area contributed by atoms with Gasteiger partial charge in [-0.25, -0.2) is 4.99 Å². The van der Waals surface area contributed by atoms with Crippen molar-refractivity contribution < 1.29 is 0 Å². The zero-order valence-electron chi connectivity index (χ0n) is 9.43. The molecule has 3 rings (SSSR count). The molecule has 2 aliphatic rings. The van der Waals surface area contributed by atoms with Gasteiger partial charge in [-0.3, -0.25) is 5.41 Å². The van der Waals surface area contributed by atoms with Crippen molar-refractivity contribution in [2.75, 3.05) is 0 Å². The number of amidine groups is 2. The Bertz CT molecular complexity index is 590. The Morgan fingerprint density at radius 3 is 2.83 bits per heavy atom. The summed E-state index contributed by atoms with van der Waals surface area (Å²) in [5.41, 5.74) is 2.07. The van der Waals surface area contributed by atoms with Crippen LogP contribution in [0, 0.1) is 5.41 Å². The second-order valence-electron chi connectivity index (χ2n) is 3.95. The summed E-state index contributed by atoms with van der Waals surface area (Å²) in [7, 11) is 0. The molecule has 0 saturated carbocycles. The fraction of sp³-hybridized carbons (Fsp3) is 0.0769. The lowest BCUT2D eigenvalue weighted by molar-refractivity contribution is 0.555. The fourth-order valence-corrected chi connectivity index (χ4v) is 2.50.